The van der Waals surface area contributed by atoms with Crippen molar-refractivity contribution in [2.45, 2.75) is 6.54 Å². The van der Waals surface area contributed by atoms with Crippen LogP contribution in [0.5, 0.6) is 0 Å². The third-order valence-electron chi connectivity index (χ3n) is 5.57. The van der Waals surface area contributed by atoms with E-state index in [-0.39, 0.29) is 11.3 Å². The molecule has 172 valence electrons. The first kappa shape index (κ1) is 22.2. The van der Waals surface area contributed by atoms with Gasteiger partial charge in [-0.05, 0) is 18.2 Å². The highest BCUT2D eigenvalue weighted by molar-refractivity contribution is 7.16. The third kappa shape index (κ3) is 4.99. The van der Waals surface area contributed by atoms with E-state index in [1.54, 1.807) is 24.3 Å². The number of anilines is 1. The van der Waals surface area contributed by atoms with Gasteiger partial charge in [0.2, 0.25) is 5.91 Å². The van der Waals surface area contributed by atoms with E-state index in [1.165, 1.54) is 29.8 Å². The zero-order chi connectivity index (χ0) is 23.3. The van der Waals surface area contributed by atoms with Crippen molar-refractivity contribution in [3.8, 4) is 11.3 Å². The van der Waals surface area contributed by atoms with Gasteiger partial charge < -0.3 is 9.15 Å². The molecule has 1 aliphatic rings. The van der Waals surface area contributed by atoms with E-state index in [4.69, 9.17) is 14.1 Å². The normalized spacial score (nSPS) is 14.6. The summed E-state index contributed by atoms with van der Waals surface area (Å²) >= 11 is 1.46. The summed E-state index contributed by atoms with van der Waals surface area (Å²) in [7, 11) is 0. The summed E-state index contributed by atoms with van der Waals surface area (Å²) in [5, 5.41) is 3.84. The monoisotopic (exact) mass is 473 g/mol. The first-order chi connectivity index (χ1) is 16.7. The lowest BCUT2D eigenvalue weighted by molar-refractivity contribution is -0.111. The molecule has 4 aromatic rings. The first-order valence-corrected chi connectivity index (χ1v) is 11.8. The Kier molecular flexibility index (Phi) is 6.62. The van der Waals surface area contributed by atoms with Gasteiger partial charge in [-0.15, -0.1) is 0 Å². The van der Waals surface area contributed by atoms with Crippen molar-refractivity contribution in [1.29, 1.82) is 0 Å². The molecule has 7 nitrogen and oxygen atoms in total. The number of hydrogen-bond donors (Lipinski definition) is 1. The van der Waals surface area contributed by atoms with Crippen molar-refractivity contribution in [3.63, 3.8) is 0 Å². The Morgan fingerprint density at radius 2 is 1.85 bits per heavy atom. The second kappa shape index (κ2) is 10.1. The molecule has 3 heterocycles. The molecule has 0 unspecified atom stereocenters. The van der Waals surface area contributed by atoms with Crippen LogP contribution in [-0.4, -0.2) is 42.1 Å². The Morgan fingerprint density at radius 1 is 1.09 bits per heavy atom. The first-order valence-electron chi connectivity index (χ1n) is 11.0. The number of ether oxygens (including phenoxy) is 1. The van der Waals surface area contributed by atoms with Gasteiger partial charge in [0.25, 0.3) is 0 Å². The van der Waals surface area contributed by atoms with Crippen LogP contribution >= 0.6 is 11.3 Å². The fraction of sp³-hybridized carbons (Fsp3) is 0.192. The largest absolute Gasteiger partial charge is 0.463 e. The van der Waals surface area contributed by atoms with Crippen LogP contribution in [0.4, 0.5) is 5.13 Å². The van der Waals surface area contributed by atoms with Crippen LogP contribution in [0.25, 0.3) is 28.3 Å². The highest BCUT2D eigenvalue weighted by atomic mass is 32.1. The van der Waals surface area contributed by atoms with Crippen LogP contribution in [0.3, 0.4) is 0 Å². The van der Waals surface area contributed by atoms with Crippen LogP contribution in [0.15, 0.2) is 76.1 Å². The highest BCUT2D eigenvalue weighted by Gasteiger charge is 2.18. The maximum Gasteiger partial charge on any atom is 0.250 e. The molecule has 0 aliphatic carbocycles. The van der Waals surface area contributed by atoms with Gasteiger partial charge in [-0.2, -0.15) is 0 Å². The minimum atomic E-state index is -0.362. The number of aromatic nitrogens is 1. The van der Waals surface area contributed by atoms with Gasteiger partial charge in [-0.25, -0.2) is 4.98 Å². The quantitative estimate of drug-likeness (QED) is 0.418. The van der Waals surface area contributed by atoms with Gasteiger partial charge in [-0.1, -0.05) is 53.8 Å². The number of benzene rings is 2. The van der Waals surface area contributed by atoms with Gasteiger partial charge in [0.1, 0.15) is 11.8 Å². The Bertz CT molecular complexity index is 1390. The summed E-state index contributed by atoms with van der Waals surface area (Å²) in [6, 6.07) is 17.0. The lowest BCUT2D eigenvalue weighted by Gasteiger charge is -2.26. The average Bonchev–Trinajstić information content (AvgIpc) is 3.26. The predicted molar refractivity (Wildman–Crippen MR) is 134 cm³/mol. The van der Waals surface area contributed by atoms with Crippen molar-refractivity contribution in [2.75, 3.05) is 31.6 Å². The van der Waals surface area contributed by atoms with Crippen molar-refractivity contribution in [3.05, 3.63) is 87.6 Å². The lowest BCUT2D eigenvalue weighted by Crippen LogP contribution is -2.35. The second-order valence-electron chi connectivity index (χ2n) is 7.88. The Balaban J connectivity index is 1.36. The zero-order valence-corrected chi connectivity index (χ0v) is 19.2. The average molecular weight is 474 g/mol. The molecule has 0 saturated carbocycles. The SMILES string of the molecule is O=C(/C=C/c1coc2ccccc2c1=O)Nc1nc(-c2ccccc2)c(CN2CCOCC2)s1. The Hall–Kier alpha value is -3.59. The minimum absolute atomic E-state index is 0.181. The van der Waals surface area contributed by atoms with Gasteiger partial charge >= 0.3 is 0 Å². The number of amides is 1. The van der Waals surface area contributed by atoms with Crippen LogP contribution in [0.2, 0.25) is 0 Å². The molecule has 1 aliphatic heterocycles. The fourth-order valence-electron chi connectivity index (χ4n) is 3.82. The summed E-state index contributed by atoms with van der Waals surface area (Å²) < 4.78 is 11.0. The minimum Gasteiger partial charge on any atom is -0.463 e. The number of thiazole rings is 1. The van der Waals surface area contributed by atoms with E-state index in [0.717, 1.165) is 49.0 Å². The molecule has 0 atom stereocenters. The van der Waals surface area contributed by atoms with E-state index in [2.05, 4.69) is 10.2 Å². The summed E-state index contributed by atoms with van der Waals surface area (Å²) in [5.41, 5.74) is 2.52. The zero-order valence-electron chi connectivity index (χ0n) is 18.4. The molecule has 2 aromatic carbocycles. The van der Waals surface area contributed by atoms with E-state index < -0.39 is 0 Å². The molecule has 34 heavy (non-hydrogen) atoms. The number of rotatable bonds is 6. The molecular weight excluding hydrogens is 450 g/mol. The van der Waals surface area contributed by atoms with Crippen molar-refractivity contribution < 1.29 is 13.9 Å². The Labute approximate surface area is 200 Å². The molecule has 2 aromatic heterocycles. The van der Waals surface area contributed by atoms with Gasteiger partial charge in [0.15, 0.2) is 10.6 Å². The maximum atomic E-state index is 12.6. The number of fused-ring (bicyclic) bond motifs is 1. The fourth-order valence-corrected chi connectivity index (χ4v) is 4.85. The Morgan fingerprint density at radius 3 is 2.68 bits per heavy atom. The molecule has 1 fully saturated rings. The maximum absolute atomic E-state index is 12.6. The standard InChI is InChI=1S/C26H23N3O4S/c30-23(11-10-19-17-33-21-9-5-4-8-20(21)25(19)31)27-26-28-24(18-6-2-1-3-7-18)22(34-26)16-29-12-14-32-15-13-29/h1-11,17H,12-16H2,(H,27,28,30)/b11-10+. The van der Waals surface area contributed by atoms with E-state index in [0.29, 0.717) is 21.7 Å². The molecule has 8 heteroatoms. The number of hydrogen-bond acceptors (Lipinski definition) is 7. The van der Waals surface area contributed by atoms with Crippen LogP contribution < -0.4 is 10.7 Å². The van der Waals surface area contributed by atoms with Crippen LogP contribution in [0, 0.1) is 0 Å². The smallest absolute Gasteiger partial charge is 0.250 e. The van der Waals surface area contributed by atoms with Crippen molar-refractivity contribution in [1.82, 2.24) is 9.88 Å². The number of para-hydroxylation sites is 1. The topological polar surface area (TPSA) is 84.7 Å². The summed E-state index contributed by atoms with van der Waals surface area (Å²) in [4.78, 5) is 33.4. The molecule has 1 amide bonds. The lowest BCUT2D eigenvalue weighted by atomic mass is 10.1. The molecule has 0 radical (unpaired) electrons. The molecule has 0 bridgehead atoms. The number of nitrogens with zero attached hydrogens (tertiary/aromatic N) is 2. The van der Waals surface area contributed by atoms with Crippen LogP contribution in [0.1, 0.15) is 10.4 Å². The molecule has 1 N–H and O–H groups in total. The predicted octanol–water partition coefficient (Wildman–Crippen LogP) is 4.40. The number of morpholine rings is 1. The molecule has 5 rings (SSSR count). The van der Waals surface area contributed by atoms with E-state index >= 15 is 0 Å². The van der Waals surface area contributed by atoms with Gasteiger partial charge in [0.05, 0.1) is 29.9 Å². The van der Waals surface area contributed by atoms with E-state index in [9.17, 15) is 9.59 Å². The summed E-state index contributed by atoms with van der Waals surface area (Å²) in [5.74, 6) is -0.362. The van der Waals surface area contributed by atoms with Crippen LogP contribution in [-0.2, 0) is 16.1 Å². The number of carbonyl (C=O) groups excluding carboxylic acids is 1. The van der Waals surface area contributed by atoms with E-state index in [1.807, 2.05) is 30.3 Å². The molecule has 0 spiro atoms. The summed E-state index contributed by atoms with van der Waals surface area (Å²) in [6.45, 7) is 3.91. The number of carbonyl (C=O) groups is 1. The second-order valence-corrected chi connectivity index (χ2v) is 8.97. The molecule has 1 saturated heterocycles. The summed E-state index contributed by atoms with van der Waals surface area (Å²) in [6.07, 6.45) is 4.16. The van der Waals surface area contributed by atoms with Gasteiger partial charge in [0, 0.05) is 36.2 Å². The molecular formula is C26H23N3O4S. The van der Waals surface area contributed by atoms with Crippen molar-refractivity contribution in [2.24, 2.45) is 0 Å². The number of nitrogens with one attached hydrogen (secondary N) is 1. The highest BCUT2D eigenvalue weighted by Crippen LogP contribution is 2.32. The van der Waals surface area contributed by atoms with Crippen molar-refractivity contribution >= 4 is 39.4 Å². The van der Waals surface area contributed by atoms with Gasteiger partial charge in [-0.3, -0.25) is 19.8 Å². The third-order valence-corrected chi connectivity index (χ3v) is 6.52.